The number of benzene rings is 2. The van der Waals surface area contributed by atoms with E-state index in [4.69, 9.17) is 11.6 Å². The average molecular weight is 360 g/mol. The van der Waals surface area contributed by atoms with Gasteiger partial charge >= 0.3 is 0 Å². The first kappa shape index (κ1) is 17.2. The van der Waals surface area contributed by atoms with Gasteiger partial charge in [0.1, 0.15) is 6.17 Å². The van der Waals surface area contributed by atoms with E-state index in [1.165, 1.54) is 18.2 Å². The van der Waals surface area contributed by atoms with E-state index in [9.17, 15) is 14.9 Å². The molecule has 1 N–H and O–H groups in total. The van der Waals surface area contributed by atoms with E-state index in [0.29, 0.717) is 28.4 Å². The van der Waals surface area contributed by atoms with Crippen LogP contribution < -0.4 is 5.32 Å². The number of carbonyl (C=O) groups excluding carboxylic acids is 1. The summed E-state index contributed by atoms with van der Waals surface area (Å²) in [7, 11) is 0. The standard InChI is InChI=1S/C18H18ClN3O3/c1-2-3-10-21-17(14-11-12(22(24)25)8-9-15(14)19)20-16-7-5-4-6-13(16)18(21)23/h4-9,11,17,20H,2-3,10H2,1H3. The van der Waals surface area contributed by atoms with Crippen LogP contribution in [0.1, 0.15) is 41.9 Å². The molecule has 2 aromatic rings. The van der Waals surface area contributed by atoms with Crippen LogP contribution in [0.25, 0.3) is 0 Å². The summed E-state index contributed by atoms with van der Waals surface area (Å²) in [5.41, 5.74) is 1.77. The Kier molecular flexibility index (Phi) is 4.90. The molecule has 0 saturated carbocycles. The Morgan fingerprint density at radius 3 is 2.76 bits per heavy atom. The molecule has 0 radical (unpaired) electrons. The first-order valence-electron chi connectivity index (χ1n) is 8.13. The number of carbonyl (C=O) groups is 1. The largest absolute Gasteiger partial charge is 0.361 e. The molecule has 1 aliphatic rings. The van der Waals surface area contributed by atoms with Crippen LogP contribution in [0.15, 0.2) is 42.5 Å². The van der Waals surface area contributed by atoms with E-state index >= 15 is 0 Å². The van der Waals surface area contributed by atoms with Crippen molar-refractivity contribution in [2.24, 2.45) is 0 Å². The maximum absolute atomic E-state index is 12.9. The lowest BCUT2D eigenvalue weighted by Gasteiger charge is -2.38. The van der Waals surface area contributed by atoms with Gasteiger partial charge in [-0.2, -0.15) is 0 Å². The van der Waals surface area contributed by atoms with E-state index in [-0.39, 0.29) is 11.6 Å². The summed E-state index contributed by atoms with van der Waals surface area (Å²) in [6, 6.07) is 11.5. The average Bonchev–Trinajstić information content (AvgIpc) is 2.61. The van der Waals surface area contributed by atoms with Gasteiger partial charge in [-0.05, 0) is 24.6 Å². The van der Waals surface area contributed by atoms with E-state index in [0.717, 1.165) is 12.8 Å². The Morgan fingerprint density at radius 2 is 2.04 bits per heavy atom. The van der Waals surface area contributed by atoms with Gasteiger partial charge in [0.2, 0.25) is 0 Å². The number of nitrogens with one attached hydrogen (secondary N) is 1. The first-order valence-corrected chi connectivity index (χ1v) is 8.51. The number of unbranched alkanes of at least 4 members (excludes halogenated alkanes) is 1. The third-order valence-corrected chi connectivity index (χ3v) is 4.60. The maximum Gasteiger partial charge on any atom is 0.269 e. The quantitative estimate of drug-likeness (QED) is 0.624. The monoisotopic (exact) mass is 359 g/mol. The van der Waals surface area contributed by atoms with Crippen molar-refractivity contribution in [1.29, 1.82) is 0 Å². The summed E-state index contributed by atoms with van der Waals surface area (Å²) in [6.07, 6.45) is 1.22. The van der Waals surface area contributed by atoms with Crippen LogP contribution in [0.2, 0.25) is 5.02 Å². The summed E-state index contributed by atoms with van der Waals surface area (Å²) in [4.78, 5) is 25.3. The lowest BCUT2D eigenvalue weighted by atomic mass is 10.0. The normalized spacial score (nSPS) is 16.3. The Labute approximate surface area is 150 Å². The highest BCUT2D eigenvalue weighted by Gasteiger charge is 2.34. The van der Waals surface area contributed by atoms with Gasteiger partial charge in [-0.25, -0.2) is 0 Å². The number of fused-ring (bicyclic) bond motifs is 1. The number of para-hydroxylation sites is 1. The van der Waals surface area contributed by atoms with Crippen molar-refractivity contribution in [3.8, 4) is 0 Å². The summed E-state index contributed by atoms with van der Waals surface area (Å²) in [5.74, 6) is -0.102. The predicted octanol–water partition coefficient (Wildman–Crippen LogP) is 4.61. The number of amides is 1. The van der Waals surface area contributed by atoms with Crippen molar-refractivity contribution in [2.45, 2.75) is 25.9 Å². The fourth-order valence-electron chi connectivity index (χ4n) is 2.95. The third-order valence-electron chi connectivity index (χ3n) is 4.26. The number of hydrogen-bond donors (Lipinski definition) is 1. The predicted molar refractivity (Wildman–Crippen MR) is 96.9 cm³/mol. The molecular formula is C18H18ClN3O3. The van der Waals surface area contributed by atoms with Crippen molar-refractivity contribution in [3.05, 3.63) is 68.7 Å². The molecule has 25 heavy (non-hydrogen) atoms. The molecule has 1 amide bonds. The van der Waals surface area contributed by atoms with Gasteiger partial charge in [0.05, 0.1) is 10.5 Å². The molecule has 1 heterocycles. The van der Waals surface area contributed by atoms with Crippen molar-refractivity contribution < 1.29 is 9.72 Å². The van der Waals surface area contributed by atoms with Gasteiger partial charge in [-0.1, -0.05) is 37.1 Å². The van der Waals surface area contributed by atoms with Crippen molar-refractivity contribution >= 4 is 28.9 Å². The maximum atomic E-state index is 12.9. The number of halogens is 1. The zero-order valence-electron chi connectivity index (χ0n) is 13.7. The molecule has 3 rings (SSSR count). The van der Waals surface area contributed by atoms with Gasteiger partial charge < -0.3 is 10.2 Å². The van der Waals surface area contributed by atoms with E-state index in [1.54, 1.807) is 11.0 Å². The highest BCUT2D eigenvalue weighted by molar-refractivity contribution is 6.31. The number of anilines is 1. The van der Waals surface area contributed by atoms with Crippen LogP contribution in [-0.2, 0) is 0 Å². The molecule has 0 fully saturated rings. The molecule has 0 saturated heterocycles. The molecule has 7 heteroatoms. The molecule has 1 aliphatic heterocycles. The molecule has 1 atom stereocenters. The lowest BCUT2D eigenvalue weighted by Crippen LogP contribution is -2.43. The number of rotatable bonds is 5. The van der Waals surface area contributed by atoms with Gasteiger partial charge in [-0.3, -0.25) is 14.9 Å². The van der Waals surface area contributed by atoms with Crippen LogP contribution in [0.4, 0.5) is 11.4 Å². The smallest absolute Gasteiger partial charge is 0.269 e. The molecule has 0 spiro atoms. The zero-order chi connectivity index (χ0) is 18.0. The molecule has 1 unspecified atom stereocenters. The molecular weight excluding hydrogens is 342 g/mol. The zero-order valence-corrected chi connectivity index (χ0v) is 14.5. The van der Waals surface area contributed by atoms with E-state index in [1.807, 2.05) is 25.1 Å². The number of nitro groups is 1. The molecule has 0 aliphatic carbocycles. The van der Waals surface area contributed by atoms with Gasteiger partial charge in [0.15, 0.2) is 0 Å². The van der Waals surface area contributed by atoms with Crippen LogP contribution in [0.5, 0.6) is 0 Å². The SMILES string of the molecule is CCCCN1C(=O)c2ccccc2NC1c1cc([N+](=O)[O-])ccc1Cl. The van der Waals surface area contributed by atoms with Crippen LogP contribution in [-0.4, -0.2) is 22.3 Å². The Morgan fingerprint density at radius 1 is 1.28 bits per heavy atom. The van der Waals surface area contributed by atoms with Gasteiger partial charge in [-0.15, -0.1) is 0 Å². The van der Waals surface area contributed by atoms with Crippen LogP contribution in [0, 0.1) is 10.1 Å². The second kappa shape index (κ2) is 7.11. The lowest BCUT2D eigenvalue weighted by molar-refractivity contribution is -0.384. The van der Waals surface area contributed by atoms with E-state index < -0.39 is 11.1 Å². The van der Waals surface area contributed by atoms with Crippen molar-refractivity contribution in [1.82, 2.24) is 4.90 Å². The number of nitrogens with zero attached hydrogens (tertiary/aromatic N) is 2. The topological polar surface area (TPSA) is 75.5 Å². The van der Waals surface area contributed by atoms with Crippen LogP contribution >= 0.6 is 11.6 Å². The van der Waals surface area contributed by atoms with Crippen molar-refractivity contribution in [2.75, 3.05) is 11.9 Å². The third kappa shape index (κ3) is 3.30. The summed E-state index contributed by atoms with van der Waals surface area (Å²) in [5, 5.41) is 14.8. The number of nitro benzene ring substituents is 1. The van der Waals surface area contributed by atoms with Crippen LogP contribution in [0.3, 0.4) is 0 Å². The number of non-ortho nitro benzene ring substituents is 1. The molecule has 6 nitrogen and oxygen atoms in total. The molecule has 130 valence electrons. The minimum atomic E-state index is -0.540. The fraction of sp³-hybridized carbons (Fsp3) is 0.278. The second-order valence-electron chi connectivity index (χ2n) is 5.91. The fourth-order valence-corrected chi connectivity index (χ4v) is 3.17. The minimum Gasteiger partial charge on any atom is -0.361 e. The Hall–Kier alpha value is -2.60. The summed E-state index contributed by atoms with van der Waals surface area (Å²) < 4.78 is 0. The number of hydrogen-bond acceptors (Lipinski definition) is 4. The highest BCUT2D eigenvalue weighted by atomic mass is 35.5. The van der Waals surface area contributed by atoms with Gasteiger partial charge in [0.25, 0.3) is 11.6 Å². The summed E-state index contributed by atoms with van der Waals surface area (Å²) in [6.45, 7) is 2.59. The first-order chi connectivity index (χ1) is 12.0. The van der Waals surface area contributed by atoms with Gasteiger partial charge in [0, 0.05) is 35.0 Å². The minimum absolute atomic E-state index is 0.0528. The van der Waals surface area contributed by atoms with Crippen molar-refractivity contribution in [3.63, 3.8) is 0 Å². The second-order valence-corrected chi connectivity index (χ2v) is 6.31. The van der Waals surface area contributed by atoms with E-state index in [2.05, 4.69) is 5.32 Å². The Bertz CT molecular complexity index is 825. The molecule has 2 aromatic carbocycles. The Balaban J connectivity index is 2.08. The molecule has 0 aromatic heterocycles. The molecule has 0 bridgehead atoms. The summed E-state index contributed by atoms with van der Waals surface area (Å²) >= 11 is 6.31. The highest BCUT2D eigenvalue weighted by Crippen LogP contribution is 2.37.